The van der Waals surface area contributed by atoms with Gasteiger partial charge in [0.1, 0.15) is 12.4 Å². The molecule has 0 aromatic heterocycles. The average Bonchev–Trinajstić information content (AvgIpc) is 3.10. The summed E-state index contributed by atoms with van der Waals surface area (Å²) in [5.74, 6) is 1.45. The van der Waals surface area contributed by atoms with E-state index in [0.717, 1.165) is 38.2 Å². The fraction of sp³-hybridized carbons (Fsp3) is 0.419. The third kappa shape index (κ3) is 5.50. The monoisotopic (exact) mass is 442 g/mol. The van der Waals surface area contributed by atoms with E-state index < -0.39 is 0 Å². The summed E-state index contributed by atoms with van der Waals surface area (Å²) in [5.41, 5.74) is 10.9. The third-order valence-electron chi connectivity index (χ3n) is 7.00. The number of benzene rings is 2. The molecule has 2 nitrogen and oxygen atoms in total. The summed E-state index contributed by atoms with van der Waals surface area (Å²) in [7, 11) is 0. The van der Waals surface area contributed by atoms with Gasteiger partial charge in [0.25, 0.3) is 0 Å². The summed E-state index contributed by atoms with van der Waals surface area (Å²) in [6.07, 6.45) is 7.69. The topological polar surface area (TPSA) is 18.5 Å². The maximum Gasteiger partial charge on any atom is 0.113 e. The highest BCUT2D eigenvalue weighted by atomic mass is 16.5. The zero-order valence-electron chi connectivity index (χ0n) is 21.0. The van der Waals surface area contributed by atoms with Crippen molar-refractivity contribution in [3.05, 3.63) is 94.3 Å². The van der Waals surface area contributed by atoms with Gasteiger partial charge in [-0.2, -0.15) is 0 Å². The van der Waals surface area contributed by atoms with Crippen molar-refractivity contribution in [1.82, 2.24) is 0 Å². The minimum absolute atomic E-state index is 0.291. The third-order valence-corrected chi connectivity index (χ3v) is 7.00. The average molecular weight is 443 g/mol. The van der Waals surface area contributed by atoms with Crippen LogP contribution >= 0.6 is 0 Å². The van der Waals surface area contributed by atoms with Crippen molar-refractivity contribution in [2.75, 3.05) is 13.2 Å². The van der Waals surface area contributed by atoms with Crippen molar-refractivity contribution in [3.8, 4) is 11.1 Å². The van der Waals surface area contributed by atoms with Crippen LogP contribution in [0.5, 0.6) is 0 Å². The molecule has 2 fully saturated rings. The van der Waals surface area contributed by atoms with E-state index in [4.69, 9.17) is 9.47 Å². The first kappa shape index (κ1) is 23.6. The molecule has 174 valence electrons. The molecule has 2 aromatic carbocycles. The van der Waals surface area contributed by atoms with Crippen molar-refractivity contribution in [3.63, 3.8) is 0 Å². The molecular formula is C31H38O2. The van der Waals surface area contributed by atoms with E-state index in [1.54, 1.807) is 0 Å². The molecule has 0 bridgehead atoms. The van der Waals surface area contributed by atoms with Gasteiger partial charge in [-0.15, -0.1) is 0 Å². The van der Waals surface area contributed by atoms with Crippen molar-refractivity contribution >= 4 is 0 Å². The predicted octanol–water partition coefficient (Wildman–Crippen LogP) is 7.88. The summed E-state index contributed by atoms with van der Waals surface area (Å²) in [6.45, 7) is 17.6. The summed E-state index contributed by atoms with van der Waals surface area (Å²) < 4.78 is 11.5. The molecule has 2 heteroatoms. The lowest BCUT2D eigenvalue weighted by atomic mass is 9.80. The smallest absolute Gasteiger partial charge is 0.113 e. The van der Waals surface area contributed by atoms with Gasteiger partial charge in [-0.3, -0.25) is 0 Å². The molecule has 0 radical (unpaired) electrons. The second-order valence-electron chi connectivity index (χ2n) is 10.5. The standard InChI is InChI=1S/C31H38O2/c1-7-27-11-21(2)12-29(27)15-24(5)33-18-25-9-8-10-28(16-25)30-22(3)13-26(14-23(30)4)17-31(6)19-32-20-31/h7-10,13-16,21H,5,11-12,17-20H2,1-4,6H3/b27-7-,29-15-. The Kier molecular flexibility index (Phi) is 6.95. The Hall–Kier alpha value is -2.58. The maximum absolute atomic E-state index is 6.05. The molecule has 1 aliphatic carbocycles. The lowest BCUT2D eigenvalue weighted by Crippen LogP contribution is -2.41. The minimum Gasteiger partial charge on any atom is -0.490 e. The van der Waals surface area contributed by atoms with Gasteiger partial charge < -0.3 is 9.47 Å². The molecule has 2 aromatic rings. The van der Waals surface area contributed by atoms with Crippen molar-refractivity contribution in [2.24, 2.45) is 11.3 Å². The zero-order chi connectivity index (χ0) is 23.6. The van der Waals surface area contributed by atoms with Crippen LogP contribution in [-0.4, -0.2) is 13.2 Å². The highest BCUT2D eigenvalue weighted by Gasteiger charge is 2.33. The second kappa shape index (κ2) is 9.73. The van der Waals surface area contributed by atoms with Crippen molar-refractivity contribution < 1.29 is 9.47 Å². The molecule has 0 amide bonds. The molecule has 1 saturated carbocycles. The summed E-state index contributed by atoms with van der Waals surface area (Å²) in [6, 6.07) is 13.4. The van der Waals surface area contributed by atoms with Crippen LogP contribution < -0.4 is 0 Å². The molecule has 1 aliphatic heterocycles. The van der Waals surface area contributed by atoms with E-state index in [2.05, 4.69) is 89.7 Å². The number of allylic oxidation sites excluding steroid dienone is 4. The van der Waals surface area contributed by atoms with E-state index in [-0.39, 0.29) is 0 Å². The van der Waals surface area contributed by atoms with E-state index in [0.29, 0.717) is 17.9 Å². The number of aryl methyl sites for hydroxylation is 2. The van der Waals surface area contributed by atoms with E-state index >= 15 is 0 Å². The van der Waals surface area contributed by atoms with Gasteiger partial charge in [-0.1, -0.05) is 56.8 Å². The second-order valence-corrected chi connectivity index (χ2v) is 10.5. The Morgan fingerprint density at radius 2 is 1.79 bits per heavy atom. The van der Waals surface area contributed by atoms with Crippen LogP contribution in [0.25, 0.3) is 11.1 Å². The summed E-state index contributed by atoms with van der Waals surface area (Å²) in [4.78, 5) is 0. The van der Waals surface area contributed by atoms with Crippen LogP contribution in [0, 0.1) is 25.2 Å². The number of ether oxygens (including phenoxy) is 2. The van der Waals surface area contributed by atoms with Crippen LogP contribution in [0.1, 0.15) is 55.9 Å². The van der Waals surface area contributed by atoms with E-state index in [1.807, 2.05) is 0 Å². The quantitative estimate of drug-likeness (QED) is 0.406. The lowest BCUT2D eigenvalue weighted by molar-refractivity contribution is -0.100. The van der Waals surface area contributed by atoms with Gasteiger partial charge in [-0.25, -0.2) is 0 Å². The number of hydrogen-bond acceptors (Lipinski definition) is 2. The van der Waals surface area contributed by atoms with Gasteiger partial charge in [-0.05, 0) is 103 Å². The first-order chi connectivity index (χ1) is 15.8. The molecule has 0 N–H and O–H groups in total. The number of rotatable bonds is 7. The fourth-order valence-corrected chi connectivity index (χ4v) is 5.42. The SMILES string of the molecule is C=C(/C=C1/CC(C)C/C1=C/C)OCc1cccc(-c2c(C)cc(CC3(C)COC3)cc2C)c1. The number of hydrogen-bond donors (Lipinski definition) is 0. The Morgan fingerprint density at radius 1 is 1.09 bits per heavy atom. The van der Waals surface area contributed by atoms with Crippen LogP contribution in [0.4, 0.5) is 0 Å². The predicted molar refractivity (Wildman–Crippen MR) is 138 cm³/mol. The van der Waals surface area contributed by atoms with Crippen molar-refractivity contribution in [1.29, 1.82) is 0 Å². The largest absolute Gasteiger partial charge is 0.490 e. The fourth-order valence-electron chi connectivity index (χ4n) is 5.42. The molecule has 1 unspecified atom stereocenters. The maximum atomic E-state index is 6.05. The van der Waals surface area contributed by atoms with Gasteiger partial charge in [0.05, 0.1) is 13.2 Å². The van der Waals surface area contributed by atoms with Crippen LogP contribution in [0.2, 0.25) is 0 Å². The normalized spacial score (nSPS) is 21.9. The van der Waals surface area contributed by atoms with Crippen LogP contribution in [0.15, 0.2) is 72.0 Å². The molecule has 1 saturated heterocycles. The molecule has 4 rings (SSSR count). The van der Waals surface area contributed by atoms with E-state index in [1.165, 1.54) is 44.5 Å². The van der Waals surface area contributed by atoms with Gasteiger partial charge in [0, 0.05) is 5.41 Å². The van der Waals surface area contributed by atoms with Crippen LogP contribution in [-0.2, 0) is 22.5 Å². The summed E-state index contributed by atoms with van der Waals surface area (Å²) in [5, 5.41) is 0. The van der Waals surface area contributed by atoms with Crippen LogP contribution in [0.3, 0.4) is 0 Å². The first-order valence-corrected chi connectivity index (χ1v) is 12.2. The van der Waals surface area contributed by atoms with Gasteiger partial charge in [0.2, 0.25) is 0 Å². The highest BCUT2D eigenvalue weighted by Crippen LogP contribution is 2.36. The molecular weight excluding hydrogens is 404 g/mol. The van der Waals surface area contributed by atoms with Gasteiger partial charge >= 0.3 is 0 Å². The zero-order valence-corrected chi connectivity index (χ0v) is 21.0. The Bertz CT molecular complexity index is 1070. The lowest BCUT2D eigenvalue weighted by Gasteiger charge is -2.38. The van der Waals surface area contributed by atoms with E-state index in [9.17, 15) is 0 Å². The Balaban J connectivity index is 1.46. The van der Waals surface area contributed by atoms with Gasteiger partial charge in [0.15, 0.2) is 0 Å². The highest BCUT2D eigenvalue weighted by molar-refractivity contribution is 5.72. The summed E-state index contributed by atoms with van der Waals surface area (Å²) >= 11 is 0. The Labute approximate surface area is 200 Å². The molecule has 2 aliphatic rings. The molecule has 33 heavy (non-hydrogen) atoms. The minimum atomic E-state index is 0.291. The molecule has 0 spiro atoms. The molecule has 1 heterocycles. The Morgan fingerprint density at radius 3 is 2.42 bits per heavy atom. The van der Waals surface area contributed by atoms with Crippen molar-refractivity contribution in [2.45, 2.75) is 60.5 Å². The molecule has 1 atom stereocenters. The first-order valence-electron chi connectivity index (χ1n) is 12.2.